The number of carbonyl (C=O) groups is 1. The van der Waals surface area contributed by atoms with E-state index in [0.29, 0.717) is 6.42 Å². The molecule has 2 heterocycles. The second-order valence-corrected chi connectivity index (χ2v) is 12.5. The van der Waals surface area contributed by atoms with Gasteiger partial charge in [-0.3, -0.25) is 4.79 Å². The van der Waals surface area contributed by atoms with E-state index in [9.17, 15) is 40.5 Å². The molecule has 19 N–H and O–H groups in total. The molecule has 2 aliphatic heterocycles. The summed E-state index contributed by atoms with van der Waals surface area (Å²) >= 11 is 0. The minimum atomic E-state index is -1.83. The monoisotopic (exact) mass is 669 g/mol. The van der Waals surface area contributed by atoms with E-state index in [1.54, 1.807) is 6.92 Å². The summed E-state index contributed by atoms with van der Waals surface area (Å²) in [5.41, 5.74) is 27.6. The Morgan fingerprint density at radius 1 is 1.07 bits per heavy atom. The number of rotatable bonds is 18. The van der Waals surface area contributed by atoms with Gasteiger partial charge >= 0.3 is 0 Å². The molecule has 3 aliphatic rings. The first-order valence-electron chi connectivity index (χ1n) is 15.7. The van der Waals surface area contributed by atoms with Crippen molar-refractivity contribution in [1.29, 1.82) is 0 Å². The number of carbonyl (C=O) groups excluding carboxylic acids is 1. The van der Waals surface area contributed by atoms with Crippen LogP contribution < -0.4 is 39.3 Å². The molecule has 1 aliphatic carbocycles. The molecule has 0 radical (unpaired) electrons. The number of aliphatic hydroxyl groups excluding tert-OH is 6. The zero-order chi connectivity index (χ0) is 34.3. The average molecular weight is 670 g/mol. The zero-order valence-corrected chi connectivity index (χ0v) is 26.1. The van der Waals surface area contributed by atoms with Crippen LogP contribution in [-0.2, 0) is 23.7 Å². The number of nitrogens with two attached hydrogens (primary N) is 5. The van der Waals surface area contributed by atoms with Crippen LogP contribution in [0.3, 0.4) is 0 Å². The fourth-order valence-electron chi connectivity index (χ4n) is 5.58. The number of aliphatic hydroxyl groups is 7. The molecule has 3 unspecified atom stereocenters. The first-order valence-corrected chi connectivity index (χ1v) is 15.7. The SMILES string of the molecule is C[C@H](O[C@H]1O[C@H](CN)[C@@H](O)C[C@H]1NCC(O)CCN)[C@@H](N)C[C@@H](NC(=O)C1(O)CC1N)[C@@H](CO)O[C@H]1O[C@H](CO)[C@@H](O)[C@H](N)[C@H]1O. The Kier molecular flexibility index (Phi) is 14.9. The van der Waals surface area contributed by atoms with E-state index < -0.39 is 116 Å². The van der Waals surface area contributed by atoms with Gasteiger partial charge in [0.15, 0.2) is 18.2 Å². The maximum Gasteiger partial charge on any atom is 0.253 e. The highest BCUT2D eigenvalue weighted by molar-refractivity contribution is 5.89. The standard InChI is InChI=1S/C27H55N7O12/c1-11(43-24-15(33-8-12(37)2-3-28)5-16(38)17(7-29)44-24)13(30)4-14(34-26(41)27(42)6-20(27)31)18(9-35)45-25-23(40)21(32)22(39)19(10-36)46-25/h11-25,33,35-40,42H,2-10,28-32H2,1H3,(H,34,41)/t11-,12?,13-,14+,15+,16-,17+,18+,19+,20?,21-,22+,23+,24-,25-,27?/m0/s1. The number of nitrogens with one attached hydrogen (secondary N) is 2. The Labute approximate surface area is 267 Å². The molecule has 19 heteroatoms. The molecule has 0 spiro atoms. The fourth-order valence-corrected chi connectivity index (χ4v) is 5.58. The van der Waals surface area contributed by atoms with Gasteiger partial charge < -0.3 is 94.0 Å². The molecule has 3 rings (SSSR count). The van der Waals surface area contributed by atoms with Gasteiger partial charge in [-0.15, -0.1) is 0 Å². The summed E-state index contributed by atoms with van der Waals surface area (Å²) in [5.74, 6) is -0.825. The van der Waals surface area contributed by atoms with Crippen molar-refractivity contribution in [2.75, 3.05) is 32.8 Å². The third-order valence-electron chi connectivity index (χ3n) is 8.96. The van der Waals surface area contributed by atoms with Crippen molar-refractivity contribution in [3.8, 4) is 0 Å². The van der Waals surface area contributed by atoms with Crippen LogP contribution in [0.25, 0.3) is 0 Å². The Morgan fingerprint density at radius 2 is 1.72 bits per heavy atom. The van der Waals surface area contributed by atoms with Gasteiger partial charge in [0.1, 0.15) is 24.4 Å². The lowest BCUT2D eigenvalue weighted by Crippen LogP contribution is -2.64. The molecule has 1 amide bonds. The zero-order valence-electron chi connectivity index (χ0n) is 26.1. The second-order valence-electron chi connectivity index (χ2n) is 12.5. The predicted molar refractivity (Wildman–Crippen MR) is 160 cm³/mol. The maximum atomic E-state index is 13.0. The largest absolute Gasteiger partial charge is 0.394 e. The van der Waals surface area contributed by atoms with Crippen LogP contribution in [0.15, 0.2) is 0 Å². The minimum Gasteiger partial charge on any atom is -0.394 e. The third-order valence-corrected chi connectivity index (χ3v) is 8.96. The van der Waals surface area contributed by atoms with E-state index in [4.69, 9.17) is 47.6 Å². The lowest BCUT2D eigenvalue weighted by molar-refractivity contribution is -0.293. The van der Waals surface area contributed by atoms with Crippen molar-refractivity contribution in [1.82, 2.24) is 10.6 Å². The molecule has 270 valence electrons. The molecule has 0 aromatic heterocycles. The van der Waals surface area contributed by atoms with Crippen LogP contribution >= 0.6 is 0 Å². The summed E-state index contributed by atoms with van der Waals surface area (Å²) in [6, 6.07) is -4.58. The molecule has 46 heavy (non-hydrogen) atoms. The summed E-state index contributed by atoms with van der Waals surface area (Å²) in [4.78, 5) is 13.0. The molecule has 0 aromatic rings. The van der Waals surface area contributed by atoms with Gasteiger partial charge in [-0.1, -0.05) is 0 Å². The summed E-state index contributed by atoms with van der Waals surface area (Å²) in [5, 5.41) is 77.6. The number of hydrogen-bond acceptors (Lipinski definition) is 18. The van der Waals surface area contributed by atoms with E-state index in [1.807, 2.05) is 0 Å². The van der Waals surface area contributed by atoms with E-state index in [1.165, 1.54) is 0 Å². The average Bonchev–Trinajstić information content (AvgIpc) is 3.65. The first-order chi connectivity index (χ1) is 21.7. The van der Waals surface area contributed by atoms with Gasteiger partial charge in [-0.25, -0.2) is 0 Å². The Bertz CT molecular complexity index is 946. The van der Waals surface area contributed by atoms with Crippen molar-refractivity contribution >= 4 is 5.91 Å². The van der Waals surface area contributed by atoms with Crippen LogP contribution in [0.2, 0.25) is 0 Å². The summed E-state index contributed by atoms with van der Waals surface area (Å²) in [7, 11) is 0. The molecule has 2 saturated heterocycles. The van der Waals surface area contributed by atoms with Crippen molar-refractivity contribution < 1.29 is 59.5 Å². The van der Waals surface area contributed by atoms with Gasteiger partial charge in [-0.05, 0) is 32.7 Å². The van der Waals surface area contributed by atoms with E-state index in [2.05, 4.69) is 10.6 Å². The van der Waals surface area contributed by atoms with Gasteiger partial charge in [-0.2, -0.15) is 0 Å². The molecule has 1 saturated carbocycles. The second kappa shape index (κ2) is 17.4. The van der Waals surface area contributed by atoms with Crippen LogP contribution in [0.1, 0.15) is 32.6 Å². The van der Waals surface area contributed by atoms with Crippen LogP contribution in [0.4, 0.5) is 0 Å². The Hall–Kier alpha value is -1.21. The first kappa shape index (κ1) is 39.2. The van der Waals surface area contributed by atoms with E-state index in [-0.39, 0.29) is 38.9 Å². The Balaban J connectivity index is 1.75. The lowest BCUT2D eigenvalue weighted by Gasteiger charge is -2.43. The van der Waals surface area contributed by atoms with E-state index >= 15 is 0 Å². The number of amides is 1. The number of hydrogen-bond donors (Lipinski definition) is 14. The predicted octanol–water partition coefficient (Wildman–Crippen LogP) is -7.70. The van der Waals surface area contributed by atoms with E-state index in [0.717, 1.165) is 0 Å². The smallest absolute Gasteiger partial charge is 0.253 e. The third kappa shape index (κ3) is 9.70. The summed E-state index contributed by atoms with van der Waals surface area (Å²) < 4.78 is 23.4. The molecule has 0 bridgehead atoms. The molecule has 19 nitrogen and oxygen atoms in total. The van der Waals surface area contributed by atoms with Crippen molar-refractivity contribution in [3.05, 3.63) is 0 Å². The number of ether oxygens (including phenoxy) is 4. The lowest BCUT2D eigenvalue weighted by atomic mass is 9.96. The Morgan fingerprint density at radius 3 is 2.28 bits per heavy atom. The topological polar surface area (TPSA) is 350 Å². The molecule has 16 atom stereocenters. The van der Waals surface area contributed by atoms with Gasteiger partial charge in [0, 0.05) is 31.6 Å². The van der Waals surface area contributed by atoms with Crippen LogP contribution in [0, 0.1) is 0 Å². The van der Waals surface area contributed by atoms with Gasteiger partial charge in [0.25, 0.3) is 5.91 Å². The van der Waals surface area contributed by atoms with Gasteiger partial charge in [0.05, 0.1) is 55.8 Å². The maximum absolute atomic E-state index is 13.0. The molecular formula is C27H55N7O12. The van der Waals surface area contributed by atoms with Crippen molar-refractivity contribution in [3.63, 3.8) is 0 Å². The van der Waals surface area contributed by atoms with Crippen LogP contribution in [0.5, 0.6) is 0 Å². The fraction of sp³-hybridized carbons (Fsp3) is 0.963. The molecule has 3 fully saturated rings. The van der Waals surface area contributed by atoms with Crippen molar-refractivity contribution in [2.24, 2.45) is 28.7 Å². The quantitative estimate of drug-likeness (QED) is 0.0644. The normalized spacial score (nSPS) is 39.7. The minimum absolute atomic E-state index is 0.0126. The van der Waals surface area contributed by atoms with Crippen LogP contribution in [-0.4, -0.2) is 172 Å². The summed E-state index contributed by atoms with van der Waals surface area (Å²) in [6.45, 7) is 0.761. The highest BCUT2D eigenvalue weighted by Gasteiger charge is 2.58. The van der Waals surface area contributed by atoms with Crippen molar-refractivity contribution in [2.45, 2.75) is 130 Å². The molecular weight excluding hydrogens is 614 g/mol. The molecule has 0 aromatic carbocycles. The highest BCUT2D eigenvalue weighted by atomic mass is 16.7. The highest BCUT2D eigenvalue weighted by Crippen LogP contribution is 2.34. The summed E-state index contributed by atoms with van der Waals surface area (Å²) in [6.07, 6.45) is -10.6. The van der Waals surface area contributed by atoms with Gasteiger partial charge in [0.2, 0.25) is 0 Å².